The first kappa shape index (κ1) is 21.5. The van der Waals surface area contributed by atoms with E-state index in [-0.39, 0.29) is 11.9 Å². The van der Waals surface area contributed by atoms with Gasteiger partial charge in [-0.15, -0.1) is 11.8 Å². The summed E-state index contributed by atoms with van der Waals surface area (Å²) in [6.45, 7) is 4.52. The first-order valence-corrected chi connectivity index (χ1v) is 11.9. The molecule has 1 amide bonds. The molecule has 1 aromatic heterocycles. The van der Waals surface area contributed by atoms with Crippen molar-refractivity contribution in [3.05, 3.63) is 71.1 Å². The second-order valence-corrected chi connectivity index (χ2v) is 8.67. The van der Waals surface area contributed by atoms with Crippen molar-refractivity contribution in [2.24, 2.45) is 0 Å². The number of rotatable bonds is 8. The zero-order valence-corrected chi connectivity index (χ0v) is 18.8. The van der Waals surface area contributed by atoms with Crippen LogP contribution in [0, 0.1) is 6.92 Å². The van der Waals surface area contributed by atoms with Crippen LogP contribution in [0.1, 0.15) is 48.4 Å². The summed E-state index contributed by atoms with van der Waals surface area (Å²) in [5, 5.41) is 3.21. The molecule has 0 bridgehead atoms. The predicted molar refractivity (Wildman–Crippen MR) is 124 cm³/mol. The van der Waals surface area contributed by atoms with E-state index in [4.69, 9.17) is 9.15 Å². The molecule has 2 aromatic carbocycles. The zero-order valence-electron chi connectivity index (χ0n) is 18.0. The molecule has 1 N–H and O–H groups in total. The lowest BCUT2D eigenvalue weighted by Crippen LogP contribution is -2.32. The predicted octanol–water partition coefficient (Wildman–Crippen LogP) is 5.48. The van der Waals surface area contributed by atoms with E-state index >= 15 is 0 Å². The fraction of sp³-hybridized carbons (Fsp3) is 0.360. The number of ether oxygens (including phenoxy) is 1. The van der Waals surface area contributed by atoms with Gasteiger partial charge in [0.25, 0.3) is 0 Å². The van der Waals surface area contributed by atoms with E-state index in [1.54, 1.807) is 11.8 Å². The maximum atomic E-state index is 12.5. The molecule has 0 saturated carbocycles. The quantitative estimate of drug-likeness (QED) is 0.507. The van der Waals surface area contributed by atoms with Crippen molar-refractivity contribution in [3.63, 3.8) is 0 Å². The number of fused-ring (bicyclic) bond motifs is 1. The molecule has 0 aliphatic heterocycles. The molecular weight excluding hydrogens is 408 g/mol. The smallest absolute Gasteiger partial charge is 0.230 e. The Balaban J connectivity index is 1.30. The Hall–Kier alpha value is -2.73. The van der Waals surface area contributed by atoms with Crippen LogP contribution >= 0.6 is 11.8 Å². The second-order valence-electron chi connectivity index (χ2n) is 7.68. The van der Waals surface area contributed by atoms with Gasteiger partial charge in [-0.25, -0.2) is 4.98 Å². The third kappa shape index (κ3) is 5.31. The molecule has 4 rings (SSSR count). The van der Waals surface area contributed by atoms with Gasteiger partial charge >= 0.3 is 0 Å². The lowest BCUT2D eigenvalue weighted by atomic mass is 9.88. The summed E-state index contributed by atoms with van der Waals surface area (Å²) in [4.78, 5) is 17.2. The highest BCUT2D eigenvalue weighted by molar-refractivity contribution is 7.99. The summed E-state index contributed by atoms with van der Waals surface area (Å²) in [5.41, 5.74) is 4.41. The number of thioether (sulfide) groups is 1. The average Bonchev–Trinajstić information content (AvgIpc) is 3.15. The molecule has 5 nitrogen and oxygen atoms in total. The Morgan fingerprint density at radius 1 is 1.23 bits per heavy atom. The van der Waals surface area contributed by atoms with E-state index < -0.39 is 0 Å². The van der Waals surface area contributed by atoms with Gasteiger partial charge in [0.2, 0.25) is 11.8 Å². The highest BCUT2D eigenvalue weighted by Crippen LogP contribution is 2.30. The molecule has 1 heterocycles. The van der Waals surface area contributed by atoms with Gasteiger partial charge in [-0.1, -0.05) is 24.3 Å². The van der Waals surface area contributed by atoms with Crippen LogP contribution in [0.15, 0.2) is 52.9 Å². The first-order valence-electron chi connectivity index (χ1n) is 10.8. The third-order valence-electron chi connectivity index (χ3n) is 5.48. The SMILES string of the molecule is CCOc1ccc(-c2nc(CSCC(=O)N[C@@H]3CCCc4ccccc43)c(C)o2)cc1. The number of nitrogens with zero attached hydrogens (tertiary/aromatic N) is 1. The van der Waals surface area contributed by atoms with Gasteiger partial charge in [-0.05, 0) is 68.5 Å². The molecule has 0 fully saturated rings. The molecule has 1 atom stereocenters. The third-order valence-corrected chi connectivity index (χ3v) is 6.43. The fourth-order valence-electron chi connectivity index (χ4n) is 3.93. The standard InChI is InChI=1S/C25H28N2O3S/c1-3-29-20-13-11-19(12-14-20)25-27-23(17(2)30-25)15-31-16-24(28)26-22-10-6-8-18-7-4-5-9-21(18)22/h4-5,7,9,11-14,22H,3,6,8,10,15-16H2,1-2H3,(H,26,28)/t22-/m1/s1. The van der Waals surface area contributed by atoms with Crippen LogP contribution < -0.4 is 10.1 Å². The summed E-state index contributed by atoms with van der Waals surface area (Å²) in [5.74, 6) is 3.33. The lowest BCUT2D eigenvalue weighted by molar-refractivity contribution is -0.119. The van der Waals surface area contributed by atoms with Gasteiger partial charge in [-0.3, -0.25) is 4.79 Å². The van der Waals surface area contributed by atoms with Gasteiger partial charge < -0.3 is 14.5 Å². The summed E-state index contributed by atoms with van der Waals surface area (Å²) < 4.78 is 11.3. The number of nitrogens with one attached hydrogen (secondary N) is 1. The average molecular weight is 437 g/mol. The van der Waals surface area contributed by atoms with Crippen LogP contribution in [-0.2, 0) is 17.0 Å². The highest BCUT2D eigenvalue weighted by atomic mass is 32.2. The van der Waals surface area contributed by atoms with E-state index in [2.05, 4.69) is 28.5 Å². The van der Waals surface area contributed by atoms with Gasteiger partial charge in [0.1, 0.15) is 11.5 Å². The molecule has 3 aromatic rings. The van der Waals surface area contributed by atoms with Gasteiger partial charge in [0, 0.05) is 11.3 Å². The molecule has 0 saturated heterocycles. The van der Waals surface area contributed by atoms with Crippen LogP contribution in [0.5, 0.6) is 5.75 Å². The Kier molecular flexibility index (Phi) is 6.97. The first-order chi connectivity index (χ1) is 15.1. The molecule has 1 aliphatic carbocycles. The maximum absolute atomic E-state index is 12.5. The number of oxazole rings is 1. The number of amides is 1. The number of hydrogen-bond donors (Lipinski definition) is 1. The van der Waals surface area contributed by atoms with Crippen molar-refractivity contribution in [2.45, 2.75) is 44.9 Å². The van der Waals surface area contributed by atoms with Crippen molar-refractivity contribution in [1.82, 2.24) is 10.3 Å². The van der Waals surface area contributed by atoms with Crippen LogP contribution in [0.2, 0.25) is 0 Å². The van der Waals surface area contributed by atoms with Crippen molar-refractivity contribution in [3.8, 4) is 17.2 Å². The number of aromatic nitrogens is 1. The number of carbonyl (C=O) groups excluding carboxylic acids is 1. The maximum Gasteiger partial charge on any atom is 0.230 e. The van der Waals surface area contributed by atoms with Crippen molar-refractivity contribution in [1.29, 1.82) is 0 Å². The van der Waals surface area contributed by atoms with Crippen molar-refractivity contribution < 1.29 is 13.9 Å². The molecule has 31 heavy (non-hydrogen) atoms. The summed E-state index contributed by atoms with van der Waals surface area (Å²) in [7, 11) is 0. The fourth-order valence-corrected chi connectivity index (χ4v) is 4.76. The summed E-state index contributed by atoms with van der Waals surface area (Å²) in [6.07, 6.45) is 3.21. The van der Waals surface area contributed by atoms with Crippen molar-refractivity contribution in [2.75, 3.05) is 12.4 Å². The topological polar surface area (TPSA) is 64.4 Å². The van der Waals surface area contributed by atoms with Crippen LogP contribution in [0.25, 0.3) is 11.5 Å². The second kappa shape index (κ2) is 10.1. The Bertz CT molecular complexity index is 1030. The number of aryl methyl sites for hydroxylation is 2. The van der Waals surface area contributed by atoms with Crippen LogP contribution in [0.4, 0.5) is 0 Å². The van der Waals surface area contributed by atoms with E-state index in [9.17, 15) is 4.79 Å². The summed E-state index contributed by atoms with van der Waals surface area (Å²) >= 11 is 1.56. The minimum absolute atomic E-state index is 0.0691. The van der Waals surface area contributed by atoms with E-state index in [0.29, 0.717) is 24.0 Å². The Morgan fingerprint density at radius 2 is 2.03 bits per heavy atom. The van der Waals surface area contributed by atoms with Gasteiger partial charge in [0.05, 0.1) is 24.1 Å². The minimum atomic E-state index is 0.0691. The Labute approximate surface area is 187 Å². The molecule has 0 radical (unpaired) electrons. The van der Waals surface area contributed by atoms with Gasteiger partial charge in [0.15, 0.2) is 0 Å². The van der Waals surface area contributed by atoms with E-state index in [1.165, 1.54) is 11.1 Å². The largest absolute Gasteiger partial charge is 0.494 e. The molecule has 6 heteroatoms. The lowest BCUT2D eigenvalue weighted by Gasteiger charge is -2.26. The number of benzene rings is 2. The zero-order chi connectivity index (χ0) is 21.6. The van der Waals surface area contributed by atoms with Crippen LogP contribution in [0.3, 0.4) is 0 Å². The number of hydrogen-bond acceptors (Lipinski definition) is 5. The monoisotopic (exact) mass is 436 g/mol. The highest BCUT2D eigenvalue weighted by Gasteiger charge is 2.21. The molecule has 1 aliphatic rings. The van der Waals surface area contributed by atoms with Crippen molar-refractivity contribution >= 4 is 17.7 Å². The molecule has 0 unspecified atom stereocenters. The minimum Gasteiger partial charge on any atom is -0.494 e. The molecular formula is C25H28N2O3S. The Morgan fingerprint density at radius 3 is 2.84 bits per heavy atom. The normalized spacial score (nSPS) is 15.4. The molecule has 162 valence electrons. The van der Waals surface area contributed by atoms with Crippen LogP contribution in [-0.4, -0.2) is 23.3 Å². The summed E-state index contributed by atoms with van der Waals surface area (Å²) in [6, 6.07) is 16.3. The van der Waals surface area contributed by atoms with Gasteiger partial charge in [-0.2, -0.15) is 0 Å². The van der Waals surface area contributed by atoms with E-state index in [0.717, 1.165) is 42.0 Å². The molecule has 0 spiro atoms. The number of carbonyl (C=O) groups is 1. The van der Waals surface area contributed by atoms with E-state index in [1.807, 2.05) is 44.2 Å².